The van der Waals surface area contributed by atoms with Crippen LogP contribution in [0.5, 0.6) is 0 Å². The summed E-state index contributed by atoms with van der Waals surface area (Å²) in [5.41, 5.74) is 2.09. The molecular formula is C8H10N2S. The Hall–Kier alpha value is -0.960. The van der Waals surface area contributed by atoms with Crippen molar-refractivity contribution in [1.82, 2.24) is 4.98 Å². The van der Waals surface area contributed by atoms with Gasteiger partial charge in [0.25, 0.3) is 0 Å². The third kappa shape index (κ3) is 1.98. The van der Waals surface area contributed by atoms with E-state index in [1.165, 1.54) is 0 Å². The standard InChI is InChI=1S/C8H10N2S/c1-6(9-2)7-3-4-8(11)10-5-7/h3-5H,1-2H3,(H,10,11). The van der Waals surface area contributed by atoms with Crippen LogP contribution in [-0.2, 0) is 0 Å². The van der Waals surface area contributed by atoms with E-state index in [4.69, 9.17) is 12.2 Å². The SMILES string of the molecule is CN=C(C)c1ccc(=S)[nH]c1. The smallest absolute Gasteiger partial charge is 0.103 e. The van der Waals surface area contributed by atoms with Crippen molar-refractivity contribution in [3.05, 3.63) is 28.5 Å². The van der Waals surface area contributed by atoms with Gasteiger partial charge in [0.1, 0.15) is 4.64 Å². The van der Waals surface area contributed by atoms with Gasteiger partial charge in [-0.2, -0.15) is 0 Å². The van der Waals surface area contributed by atoms with Crippen LogP contribution in [0, 0.1) is 4.64 Å². The summed E-state index contributed by atoms with van der Waals surface area (Å²) in [4.78, 5) is 7.00. The lowest BCUT2D eigenvalue weighted by Gasteiger charge is -1.96. The molecule has 0 saturated heterocycles. The quantitative estimate of drug-likeness (QED) is 0.502. The minimum Gasteiger partial charge on any atom is -0.352 e. The highest BCUT2D eigenvalue weighted by Gasteiger charge is 1.92. The maximum atomic E-state index is 4.90. The average Bonchev–Trinajstić information content (AvgIpc) is 2.05. The number of aromatic nitrogens is 1. The van der Waals surface area contributed by atoms with Crippen molar-refractivity contribution in [1.29, 1.82) is 0 Å². The molecule has 0 spiro atoms. The first-order chi connectivity index (χ1) is 5.24. The molecule has 1 heterocycles. The van der Waals surface area contributed by atoms with E-state index in [1.807, 2.05) is 25.3 Å². The fourth-order valence-corrected chi connectivity index (χ4v) is 0.892. The van der Waals surface area contributed by atoms with Gasteiger partial charge in [-0.05, 0) is 19.1 Å². The van der Waals surface area contributed by atoms with Gasteiger partial charge < -0.3 is 4.98 Å². The van der Waals surface area contributed by atoms with Crippen molar-refractivity contribution in [3.8, 4) is 0 Å². The molecule has 0 aliphatic carbocycles. The zero-order chi connectivity index (χ0) is 8.27. The molecule has 0 unspecified atom stereocenters. The summed E-state index contributed by atoms with van der Waals surface area (Å²) in [6, 6.07) is 3.82. The average molecular weight is 166 g/mol. The van der Waals surface area contributed by atoms with Crippen LogP contribution in [0.2, 0.25) is 0 Å². The number of rotatable bonds is 1. The second-order valence-corrected chi connectivity index (χ2v) is 2.69. The van der Waals surface area contributed by atoms with Crippen molar-refractivity contribution in [2.24, 2.45) is 4.99 Å². The van der Waals surface area contributed by atoms with Gasteiger partial charge in [0.05, 0.1) is 0 Å². The molecule has 0 aliphatic rings. The molecule has 1 aromatic heterocycles. The van der Waals surface area contributed by atoms with Crippen LogP contribution < -0.4 is 0 Å². The topological polar surface area (TPSA) is 28.1 Å². The molecule has 0 radical (unpaired) electrons. The van der Waals surface area contributed by atoms with Crippen molar-refractivity contribution >= 4 is 17.9 Å². The van der Waals surface area contributed by atoms with Gasteiger partial charge in [0, 0.05) is 24.5 Å². The normalized spacial score (nSPS) is 11.6. The molecule has 1 N–H and O–H groups in total. The van der Waals surface area contributed by atoms with E-state index in [2.05, 4.69) is 9.98 Å². The minimum absolute atomic E-state index is 0.748. The Morgan fingerprint density at radius 1 is 1.55 bits per heavy atom. The van der Waals surface area contributed by atoms with E-state index in [1.54, 1.807) is 7.05 Å². The molecule has 11 heavy (non-hydrogen) atoms. The third-order valence-corrected chi connectivity index (χ3v) is 1.79. The van der Waals surface area contributed by atoms with Gasteiger partial charge in [-0.1, -0.05) is 12.2 Å². The lowest BCUT2D eigenvalue weighted by atomic mass is 10.2. The molecule has 1 aromatic rings. The molecule has 1 rings (SSSR count). The summed E-state index contributed by atoms with van der Waals surface area (Å²) < 4.78 is 0.748. The summed E-state index contributed by atoms with van der Waals surface area (Å²) in [5.74, 6) is 0. The lowest BCUT2D eigenvalue weighted by molar-refractivity contribution is 1.28. The molecule has 0 saturated carbocycles. The molecule has 0 aliphatic heterocycles. The minimum atomic E-state index is 0.748. The summed E-state index contributed by atoms with van der Waals surface area (Å²) in [6.45, 7) is 1.96. The number of aromatic amines is 1. The zero-order valence-corrected chi connectivity index (χ0v) is 7.40. The molecular weight excluding hydrogens is 156 g/mol. The largest absolute Gasteiger partial charge is 0.352 e. The molecule has 3 heteroatoms. The molecule has 0 aromatic carbocycles. The van der Waals surface area contributed by atoms with E-state index < -0.39 is 0 Å². The van der Waals surface area contributed by atoms with Crippen molar-refractivity contribution in [2.75, 3.05) is 7.05 Å². The van der Waals surface area contributed by atoms with Gasteiger partial charge in [-0.3, -0.25) is 4.99 Å². The highest BCUT2D eigenvalue weighted by molar-refractivity contribution is 7.71. The summed E-state index contributed by atoms with van der Waals surface area (Å²) in [5, 5.41) is 0. The number of H-pyrrole nitrogens is 1. The first kappa shape index (κ1) is 8.14. The van der Waals surface area contributed by atoms with E-state index in [0.29, 0.717) is 0 Å². The third-order valence-electron chi connectivity index (χ3n) is 1.54. The number of pyridine rings is 1. The van der Waals surface area contributed by atoms with Gasteiger partial charge >= 0.3 is 0 Å². The fourth-order valence-electron chi connectivity index (χ4n) is 0.765. The number of hydrogen-bond acceptors (Lipinski definition) is 2. The number of hydrogen-bond donors (Lipinski definition) is 1. The van der Waals surface area contributed by atoms with Gasteiger partial charge in [-0.25, -0.2) is 0 Å². The number of nitrogens with one attached hydrogen (secondary N) is 1. The van der Waals surface area contributed by atoms with Crippen LogP contribution in [0.25, 0.3) is 0 Å². The molecule has 2 nitrogen and oxygen atoms in total. The van der Waals surface area contributed by atoms with Crippen LogP contribution in [0.4, 0.5) is 0 Å². The zero-order valence-electron chi connectivity index (χ0n) is 6.59. The van der Waals surface area contributed by atoms with Crippen LogP contribution in [0.1, 0.15) is 12.5 Å². The number of aliphatic imine (C=N–C) groups is 1. The Labute approximate surface area is 71.0 Å². The highest BCUT2D eigenvalue weighted by Crippen LogP contribution is 1.98. The second kappa shape index (κ2) is 3.44. The van der Waals surface area contributed by atoms with Crippen molar-refractivity contribution in [2.45, 2.75) is 6.92 Å². The molecule has 0 atom stereocenters. The maximum absolute atomic E-state index is 4.90. The molecule has 0 bridgehead atoms. The van der Waals surface area contributed by atoms with Gasteiger partial charge in [0.2, 0.25) is 0 Å². The fraction of sp³-hybridized carbons (Fsp3) is 0.250. The summed E-state index contributed by atoms with van der Waals surface area (Å²) >= 11 is 4.90. The van der Waals surface area contributed by atoms with E-state index >= 15 is 0 Å². The first-order valence-corrected chi connectivity index (χ1v) is 3.77. The Bertz CT molecular complexity index is 305. The number of nitrogens with zero attached hydrogens (tertiary/aromatic N) is 1. The van der Waals surface area contributed by atoms with E-state index in [9.17, 15) is 0 Å². The van der Waals surface area contributed by atoms with E-state index in [0.717, 1.165) is 15.9 Å². The Balaban J connectivity index is 3.09. The first-order valence-electron chi connectivity index (χ1n) is 3.36. The second-order valence-electron chi connectivity index (χ2n) is 2.25. The molecule has 58 valence electrons. The van der Waals surface area contributed by atoms with Crippen LogP contribution in [0.15, 0.2) is 23.3 Å². The Kier molecular flexibility index (Phi) is 2.54. The van der Waals surface area contributed by atoms with Crippen molar-refractivity contribution < 1.29 is 0 Å². The van der Waals surface area contributed by atoms with Crippen LogP contribution in [0.3, 0.4) is 0 Å². The highest BCUT2D eigenvalue weighted by atomic mass is 32.1. The molecule has 0 amide bonds. The Morgan fingerprint density at radius 2 is 2.27 bits per heavy atom. The van der Waals surface area contributed by atoms with Crippen LogP contribution >= 0.6 is 12.2 Å². The van der Waals surface area contributed by atoms with Crippen molar-refractivity contribution in [3.63, 3.8) is 0 Å². The predicted octanol–water partition coefficient (Wildman–Crippen LogP) is 2.18. The predicted molar refractivity (Wildman–Crippen MR) is 49.8 cm³/mol. The summed E-state index contributed by atoms with van der Waals surface area (Å²) in [6.07, 6.45) is 1.87. The van der Waals surface area contributed by atoms with Crippen LogP contribution in [-0.4, -0.2) is 17.7 Å². The van der Waals surface area contributed by atoms with Gasteiger partial charge in [0.15, 0.2) is 0 Å². The van der Waals surface area contributed by atoms with Gasteiger partial charge in [-0.15, -0.1) is 0 Å². The molecule has 0 fully saturated rings. The lowest BCUT2D eigenvalue weighted by Crippen LogP contribution is -1.94. The monoisotopic (exact) mass is 166 g/mol. The summed E-state index contributed by atoms with van der Waals surface area (Å²) in [7, 11) is 1.77. The van der Waals surface area contributed by atoms with E-state index in [-0.39, 0.29) is 0 Å². The Morgan fingerprint density at radius 3 is 2.73 bits per heavy atom. The maximum Gasteiger partial charge on any atom is 0.103 e.